The molecule has 0 bridgehead atoms. The number of benzene rings is 2. The SMILES string of the molecule is Cc1cc(N2CCCC2)ccc1NC(=O)c1c(C)nn(-c2ccc(F)cc2)c1C. The minimum Gasteiger partial charge on any atom is -0.372 e. The molecule has 1 fully saturated rings. The molecule has 1 aliphatic heterocycles. The summed E-state index contributed by atoms with van der Waals surface area (Å²) >= 11 is 0. The highest BCUT2D eigenvalue weighted by molar-refractivity contribution is 6.06. The first-order valence-corrected chi connectivity index (χ1v) is 9.93. The molecule has 4 rings (SSSR count). The number of hydrogen-bond donors (Lipinski definition) is 1. The van der Waals surface area contributed by atoms with Crippen LogP contribution in [-0.2, 0) is 0 Å². The second-order valence-electron chi connectivity index (χ2n) is 7.58. The minimum absolute atomic E-state index is 0.189. The highest BCUT2D eigenvalue weighted by Crippen LogP contribution is 2.27. The van der Waals surface area contributed by atoms with Crippen LogP contribution in [0.15, 0.2) is 42.5 Å². The summed E-state index contributed by atoms with van der Waals surface area (Å²) < 4.78 is 14.9. The first kappa shape index (κ1) is 19.2. The van der Waals surface area contributed by atoms with Crippen molar-refractivity contribution in [3.05, 3.63) is 70.8 Å². The van der Waals surface area contributed by atoms with Crippen molar-refractivity contribution < 1.29 is 9.18 Å². The molecule has 0 saturated carbocycles. The summed E-state index contributed by atoms with van der Waals surface area (Å²) in [6.07, 6.45) is 2.46. The van der Waals surface area contributed by atoms with Gasteiger partial charge in [0.25, 0.3) is 5.91 Å². The lowest BCUT2D eigenvalue weighted by Gasteiger charge is -2.19. The van der Waals surface area contributed by atoms with Crippen LogP contribution in [0.3, 0.4) is 0 Å². The van der Waals surface area contributed by atoms with Crippen LogP contribution in [0, 0.1) is 26.6 Å². The molecular weight excluding hydrogens is 367 g/mol. The predicted octanol–water partition coefficient (Wildman–Crippen LogP) is 4.79. The van der Waals surface area contributed by atoms with E-state index >= 15 is 0 Å². The summed E-state index contributed by atoms with van der Waals surface area (Å²) in [6.45, 7) is 7.85. The van der Waals surface area contributed by atoms with E-state index in [2.05, 4.69) is 27.4 Å². The fourth-order valence-electron chi connectivity index (χ4n) is 3.95. The zero-order valence-corrected chi connectivity index (χ0v) is 17.0. The Hall–Kier alpha value is -3.15. The van der Waals surface area contributed by atoms with Crippen LogP contribution in [0.4, 0.5) is 15.8 Å². The third-order valence-electron chi connectivity index (χ3n) is 5.52. The van der Waals surface area contributed by atoms with Gasteiger partial charge in [-0.05, 0) is 81.6 Å². The number of rotatable bonds is 4. The van der Waals surface area contributed by atoms with E-state index in [4.69, 9.17) is 0 Å². The van der Waals surface area contributed by atoms with Gasteiger partial charge < -0.3 is 10.2 Å². The Morgan fingerprint density at radius 1 is 1.00 bits per heavy atom. The number of hydrogen-bond acceptors (Lipinski definition) is 3. The van der Waals surface area contributed by atoms with Gasteiger partial charge in [0.15, 0.2) is 0 Å². The van der Waals surface area contributed by atoms with Gasteiger partial charge in [0, 0.05) is 24.5 Å². The van der Waals surface area contributed by atoms with E-state index in [1.807, 2.05) is 26.8 Å². The van der Waals surface area contributed by atoms with E-state index in [0.29, 0.717) is 11.3 Å². The number of carbonyl (C=O) groups excluding carboxylic acids is 1. The quantitative estimate of drug-likeness (QED) is 0.695. The van der Waals surface area contributed by atoms with Crippen LogP contribution in [0.2, 0.25) is 0 Å². The van der Waals surface area contributed by atoms with Gasteiger partial charge in [0.1, 0.15) is 5.82 Å². The van der Waals surface area contributed by atoms with Crippen LogP contribution in [0.1, 0.15) is 40.2 Å². The molecule has 1 amide bonds. The molecule has 0 unspecified atom stereocenters. The van der Waals surface area contributed by atoms with Crippen molar-refractivity contribution in [3.63, 3.8) is 0 Å². The summed E-state index contributed by atoms with van der Waals surface area (Å²) in [5.74, 6) is -0.494. The van der Waals surface area contributed by atoms with Gasteiger partial charge in [0.05, 0.1) is 22.6 Å². The Bertz CT molecular complexity index is 1050. The number of aryl methyl sites for hydroxylation is 2. The maximum Gasteiger partial charge on any atom is 0.259 e. The van der Waals surface area contributed by atoms with Gasteiger partial charge >= 0.3 is 0 Å². The summed E-state index contributed by atoms with van der Waals surface area (Å²) in [5, 5.41) is 7.52. The Morgan fingerprint density at radius 2 is 1.66 bits per heavy atom. The highest BCUT2D eigenvalue weighted by Gasteiger charge is 2.20. The Labute approximate surface area is 170 Å². The molecule has 0 atom stereocenters. The van der Waals surface area contributed by atoms with Crippen LogP contribution in [0.5, 0.6) is 0 Å². The highest BCUT2D eigenvalue weighted by atomic mass is 19.1. The van der Waals surface area contributed by atoms with Crippen molar-refractivity contribution in [1.82, 2.24) is 9.78 Å². The second-order valence-corrected chi connectivity index (χ2v) is 7.58. The molecule has 6 heteroatoms. The normalized spacial score (nSPS) is 13.7. The molecule has 1 N–H and O–H groups in total. The molecule has 1 aromatic heterocycles. The van der Waals surface area contributed by atoms with Crippen molar-refractivity contribution in [2.45, 2.75) is 33.6 Å². The van der Waals surface area contributed by atoms with Gasteiger partial charge in [0.2, 0.25) is 0 Å². The van der Waals surface area contributed by atoms with Crippen molar-refractivity contribution in [3.8, 4) is 5.69 Å². The van der Waals surface area contributed by atoms with Gasteiger partial charge in [-0.15, -0.1) is 0 Å². The van der Waals surface area contributed by atoms with Gasteiger partial charge in [-0.25, -0.2) is 9.07 Å². The Kier molecular flexibility index (Phi) is 5.09. The monoisotopic (exact) mass is 392 g/mol. The maximum absolute atomic E-state index is 13.2. The third-order valence-corrected chi connectivity index (χ3v) is 5.52. The largest absolute Gasteiger partial charge is 0.372 e. The molecule has 1 saturated heterocycles. The van der Waals surface area contributed by atoms with Crippen LogP contribution < -0.4 is 10.2 Å². The molecule has 29 heavy (non-hydrogen) atoms. The number of aromatic nitrogens is 2. The van der Waals surface area contributed by atoms with E-state index in [0.717, 1.165) is 35.7 Å². The summed E-state index contributed by atoms with van der Waals surface area (Å²) in [6, 6.07) is 12.2. The van der Waals surface area contributed by atoms with Gasteiger partial charge in [-0.2, -0.15) is 5.10 Å². The van der Waals surface area contributed by atoms with E-state index in [1.165, 1.54) is 30.7 Å². The Morgan fingerprint density at radius 3 is 2.31 bits per heavy atom. The smallest absolute Gasteiger partial charge is 0.259 e. The molecular formula is C23H25FN4O. The van der Waals surface area contributed by atoms with E-state index in [9.17, 15) is 9.18 Å². The lowest BCUT2D eigenvalue weighted by molar-refractivity contribution is 0.102. The fraction of sp³-hybridized carbons (Fsp3) is 0.304. The Balaban J connectivity index is 1.58. The molecule has 0 spiro atoms. The van der Waals surface area contributed by atoms with Crippen LogP contribution in [0.25, 0.3) is 5.69 Å². The summed E-state index contributed by atoms with van der Waals surface area (Å²) in [4.78, 5) is 15.4. The standard InChI is InChI=1S/C23H25FN4O/c1-15-14-20(27-12-4-5-13-27)10-11-21(15)25-23(29)22-16(2)26-28(17(22)3)19-8-6-18(24)7-9-19/h6-11,14H,4-5,12-13H2,1-3H3,(H,25,29). The lowest BCUT2D eigenvalue weighted by Crippen LogP contribution is -2.18. The average molecular weight is 392 g/mol. The number of halogens is 1. The molecule has 2 heterocycles. The molecule has 3 aromatic rings. The number of amides is 1. The van der Waals surface area contributed by atoms with Gasteiger partial charge in [-0.3, -0.25) is 4.79 Å². The summed E-state index contributed by atoms with van der Waals surface area (Å²) in [5.41, 5.74) is 5.65. The maximum atomic E-state index is 13.2. The van der Waals surface area contributed by atoms with Crippen molar-refractivity contribution >= 4 is 17.3 Å². The minimum atomic E-state index is -0.305. The van der Waals surface area contributed by atoms with Crippen molar-refractivity contribution in [2.75, 3.05) is 23.3 Å². The molecule has 2 aromatic carbocycles. The molecule has 5 nitrogen and oxygen atoms in total. The topological polar surface area (TPSA) is 50.2 Å². The van der Waals surface area contributed by atoms with E-state index in [-0.39, 0.29) is 11.7 Å². The lowest BCUT2D eigenvalue weighted by atomic mass is 10.1. The van der Waals surface area contributed by atoms with E-state index in [1.54, 1.807) is 16.8 Å². The number of anilines is 2. The van der Waals surface area contributed by atoms with Crippen LogP contribution >= 0.6 is 0 Å². The first-order chi connectivity index (χ1) is 13.9. The fourth-order valence-corrected chi connectivity index (χ4v) is 3.95. The molecule has 150 valence electrons. The zero-order valence-electron chi connectivity index (χ0n) is 17.0. The predicted molar refractivity (Wildman–Crippen MR) is 114 cm³/mol. The number of nitrogens with zero attached hydrogens (tertiary/aromatic N) is 3. The zero-order chi connectivity index (χ0) is 20.5. The van der Waals surface area contributed by atoms with Crippen LogP contribution in [-0.4, -0.2) is 28.8 Å². The van der Waals surface area contributed by atoms with E-state index < -0.39 is 0 Å². The molecule has 0 aliphatic carbocycles. The third kappa shape index (κ3) is 3.75. The van der Waals surface area contributed by atoms with Crippen molar-refractivity contribution in [2.24, 2.45) is 0 Å². The number of nitrogens with one attached hydrogen (secondary N) is 1. The molecule has 0 radical (unpaired) electrons. The van der Waals surface area contributed by atoms with Crippen molar-refractivity contribution in [1.29, 1.82) is 0 Å². The molecule has 1 aliphatic rings. The first-order valence-electron chi connectivity index (χ1n) is 9.93. The average Bonchev–Trinajstić information content (AvgIpc) is 3.32. The van der Waals surface area contributed by atoms with Gasteiger partial charge in [-0.1, -0.05) is 0 Å². The second kappa shape index (κ2) is 7.70. The number of carbonyl (C=O) groups is 1. The summed E-state index contributed by atoms with van der Waals surface area (Å²) in [7, 11) is 0.